The Bertz CT molecular complexity index is 902. The molecule has 3 aliphatic rings. The molecule has 1 aromatic carbocycles. The van der Waals surface area contributed by atoms with Crippen LogP contribution in [0.1, 0.15) is 73.8 Å². The smallest absolute Gasteiger partial charge is 0.234 e. The van der Waals surface area contributed by atoms with Crippen molar-refractivity contribution in [3.05, 3.63) is 47.0 Å². The number of carbonyl (C=O) groups is 1. The maximum absolute atomic E-state index is 12.7. The van der Waals surface area contributed by atoms with Crippen LogP contribution >= 0.6 is 0 Å². The average Bonchev–Trinajstić information content (AvgIpc) is 3.52. The lowest BCUT2D eigenvalue weighted by atomic mass is 10.1. The van der Waals surface area contributed by atoms with E-state index in [0.29, 0.717) is 13.1 Å². The second-order valence-electron chi connectivity index (χ2n) is 9.64. The molecule has 1 N–H and O–H groups in total. The first kappa shape index (κ1) is 21.6. The molecule has 4 heterocycles. The molecule has 0 saturated carbocycles. The van der Waals surface area contributed by atoms with Gasteiger partial charge in [-0.1, -0.05) is 30.7 Å². The van der Waals surface area contributed by atoms with Crippen molar-refractivity contribution in [3.63, 3.8) is 0 Å². The van der Waals surface area contributed by atoms with Gasteiger partial charge in [-0.3, -0.25) is 14.6 Å². The number of aryl methyl sites for hydroxylation is 1. The average molecular weight is 437 g/mol. The number of nitrogens with one attached hydrogen (secondary N) is 1. The zero-order chi connectivity index (χ0) is 21.8. The van der Waals surface area contributed by atoms with Crippen molar-refractivity contribution in [2.24, 2.45) is 0 Å². The third-order valence-corrected chi connectivity index (χ3v) is 7.26. The summed E-state index contributed by atoms with van der Waals surface area (Å²) < 4.78 is 2.33. The van der Waals surface area contributed by atoms with Crippen LogP contribution in [0, 0.1) is 0 Å². The molecule has 2 saturated heterocycles. The molecule has 0 radical (unpaired) electrons. The van der Waals surface area contributed by atoms with Crippen LogP contribution in [0.15, 0.2) is 24.3 Å². The predicted octanol–water partition coefficient (Wildman–Crippen LogP) is 3.05. The van der Waals surface area contributed by atoms with Crippen molar-refractivity contribution < 1.29 is 4.79 Å². The Morgan fingerprint density at radius 2 is 1.69 bits per heavy atom. The lowest BCUT2D eigenvalue weighted by molar-refractivity contribution is -0.122. The Morgan fingerprint density at radius 1 is 0.906 bits per heavy atom. The molecule has 5 rings (SSSR count). The quantitative estimate of drug-likeness (QED) is 0.723. The summed E-state index contributed by atoms with van der Waals surface area (Å²) in [4.78, 5) is 17.5. The summed E-state index contributed by atoms with van der Waals surface area (Å²) in [7, 11) is 0. The Morgan fingerprint density at radius 3 is 2.53 bits per heavy atom. The van der Waals surface area contributed by atoms with Gasteiger partial charge in [0, 0.05) is 26.1 Å². The summed E-state index contributed by atoms with van der Waals surface area (Å²) >= 11 is 0. The molecule has 3 aliphatic heterocycles. The van der Waals surface area contributed by atoms with Crippen LogP contribution in [-0.2, 0) is 30.8 Å². The molecular formula is C25H36N6O. The summed E-state index contributed by atoms with van der Waals surface area (Å²) in [5, 5.41) is 12.1. The van der Waals surface area contributed by atoms with E-state index in [1.165, 1.54) is 50.8 Å². The number of likely N-dealkylation sites (tertiary alicyclic amines) is 2. The number of carbonyl (C=O) groups excluding carboxylic acids is 1. The van der Waals surface area contributed by atoms with Gasteiger partial charge in [0.05, 0.1) is 12.6 Å². The number of fused-ring (bicyclic) bond motifs is 1. The van der Waals surface area contributed by atoms with Gasteiger partial charge in [-0.15, -0.1) is 10.2 Å². The van der Waals surface area contributed by atoms with Crippen LogP contribution in [0.3, 0.4) is 0 Å². The van der Waals surface area contributed by atoms with Crippen LogP contribution in [0.2, 0.25) is 0 Å². The number of hydrogen-bond donors (Lipinski definition) is 1. The Kier molecular flexibility index (Phi) is 6.83. The molecule has 0 bridgehead atoms. The first-order chi connectivity index (χ1) is 15.8. The van der Waals surface area contributed by atoms with Crippen molar-refractivity contribution in [2.75, 3.05) is 26.2 Å². The SMILES string of the molecule is O=C(CN1CCCC1c1nnc2n1CCCCC2)NCc1ccc(CN2CCCC2)cc1. The summed E-state index contributed by atoms with van der Waals surface area (Å²) in [6, 6.07) is 8.91. The lowest BCUT2D eigenvalue weighted by Gasteiger charge is -2.24. The summed E-state index contributed by atoms with van der Waals surface area (Å²) in [6.45, 7) is 6.45. The van der Waals surface area contributed by atoms with E-state index >= 15 is 0 Å². The molecule has 7 heteroatoms. The zero-order valence-electron chi connectivity index (χ0n) is 19.1. The third-order valence-electron chi connectivity index (χ3n) is 7.26. The number of hydrogen-bond acceptors (Lipinski definition) is 5. The topological polar surface area (TPSA) is 66.3 Å². The fourth-order valence-electron chi connectivity index (χ4n) is 5.46. The van der Waals surface area contributed by atoms with Crippen LogP contribution in [-0.4, -0.2) is 56.7 Å². The highest BCUT2D eigenvalue weighted by molar-refractivity contribution is 5.78. The van der Waals surface area contributed by atoms with Gasteiger partial charge in [0.25, 0.3) is 0 Å². The fourth-order valence-corrected chi connectivity index (χ4v) is 5.46. The number of nitrogens with zero attached hydrogens (tertiary/aromatic N) is 5. The van der Waals surface area contributed by atoms with Gasteiger partial charge in [0.15, 0.2) is 0 Å². The van der Waals surface area contributed by atoms with Gasteiger partial charge in [-0.2, -0.15) is 0 Å². The summed E-state index contributed by atoms with van der Waals surface area (Å²) in [6.07, 6.45) is 9.50. The minimum absolute atomic E-state index is 0.0913. The Labute approximate surface area is 191 Å². The van der Waals surface area contributed by atoms with Crippen molar-refractivity contribution in [1.29, 1.82) is 0 Å². The molecule has 1 unspecified atom stereocenters. The third kappa shape index (κ3) is 5.04. The largest absolute Gasteiger partial charge is 0.351 e. The van der Waals surface area contributed by atoms with E-state index < -0.39 is 0 Å². The highest BCUT2D eigenvalue weighted by atomic mass is 16.2. The number of aromatic nitrogens is 3. The normalized spacial score (nSPS) is 22.1. The summed E-state index contributed by atoms with van der Waals surface area (Å²) in [5.74, 6) is 2.29. The monoisotopic (exact) mass is 436 g/mol. The van der Waals surface area contributed by atoms with E-state index in [4.69, 9.17) is 0 Å². The molecule has 1 aromatic heterocycles. The molecule has 2 fully saturated rings. The molecule has 0 aliphatic carbocycles. The molecule has 172 valence electrons. The van der Waals surface area contributed by atoms with Crippen LogP contribution in [0.25, 0.3) is 0 Å². The Hall–Kier alpha value is -2.25. The number of benzene rings is 1. The van der Waals surface area contributed by atoms with E-state index in [1.807, 2.05) is 0 Å². The maximum Gasteiger partial charge on any atom is 0.234 e. The standard InChI is InChI=1S/C25H36N6O/c32-24(26-17-20-9-11-21(12-10-20)18-29-13-4-5-14-29)19-30-15-6-7-22(30)25-28-27-23-8-2-1-3-16-31(23)25/h9-12,22H,1-8,13-19H2,(H,26,32). The van der Waals surface area contributed by atoms with Gasteiger partial charge in [0.2, 0.25) is 5.91 Å². The Balaban J connectivity index is 1.13. The van der Waals surface area contributed by atoms with Crippen molar-refractivity contribution in [2.45, 2.75) is 77.0 Å². The van der Waals surface area contributed by atoms with Gasteiger partial charge in [0.1, 0.15) is 11.6 Å². The van der Waals surface area contributed by atoms with Crippen molar-refractivity contribution >= 4 is 5.91 Å². The van der Waals surface area contributed by atoms with Crippen LogP contribution in [0.5, 0.6) is 0 Å². The molecule has 0 spiro atoms. The minimum Gasteiger partial charge on any atom is -0.351 e. The highest BCUT2D eigenvalue weighted by Gasteiger charge is 2.32. The molecule has 32 heavy (non-hydrogen) atoms. The van der Waals surface area contributed by atoms with E-state index in [2.05, 4.69) is 54.1 Å². The first-order valence-electron chi connectivity index (χ1n) is 12.5. The van der Waals surface area contributed by atoms with Crippen molar-refractivity contribution in [1.82, 2.24) is 29.9 Å². The van der Waals surface area contributed by atoms with E-state index in [-0.39, 0.29) is 11.9 Å². The van der Waals surface area contributed by atoms with Gasteiger partial charge < -0.3 is 9.88 Å². The van der Waals surface area contributed by atoms with Gasteiger partial charge in [-0.25, -0.2) is 0 Å². The van der Waals surface area contributed by atoms with E-state index in [1.54, 1.807) is 0 Å². The first-order valence-corrected chi connectivity index (χ1v) is 12.5. The molecule has 2 aromatic rings. The molecule has 7 nitrogen and oxygen atoms in total. The van der Waals surface area contributed by atoms with Gasteiger partial charge >= 0.3 is 0 Å². The van der Waals surface area contributed by atoms with E-state index in [9.17, 15) is 4.79 Å². The second-order valence-corrected chi connectivity index (χ2v) is 9.64. The molecule has 1 amide bonds. The fraction of sp³-hybridized carbons (Fsp3) is 0.640. The van der Waals surface area contributed by atoms with Gasteiger partial charge in [-0.05, 0) is 69.3 Å². The molecular weight excluding hydrogens is 400 g/mol. The zero-order valence-corrected chi connectivity index (χ0v) is 19.1. The number of amides is 1. The number of rotatable bonds is 7. The predicted molar refractivity (Wildman–Crippen MR) is 124 cm³/mol. The molecule has 1 atom stereocenters. The summed E-state index contributed by atoms with van der Waals surface area (Å²) in [5.41, 5.74) is 2.51. The van der Waals surface area contributed by atoms with Crippen LogP contribution < -0.4 is 5.32 Å². The highest BCUT2D eigenvalue weighted by Crippen LogP contribution is 2.32. The minimum atomic E-state index is 0.0913. The van der Waals surface area contributed by atoms with E-state index in [0.717, 1.165) is 56.1 Å². The maximum atomic E-state index is 12.7. The van der Waals surface area contributed by atoms with Crippen molar-refractivity contribution in [3.8, 4) is 0 Å². The second kappa shape index (κ2) is 10.1. The van der Waals surface area contributed by atoms with Crippen LogP contribution in [0.4, 0.5) is 0 Å². The lowest BCUT2D eigenvalue weighted by Crippen LogP contribution is -2.37.